The Bertz CT molecular complexity index is 843. The molecule has 0 saturated heterocycles. The number of benzene rings is 2. The molecule has 1 heterocycles. The molecule has 25 heavy (non-hydrogen) atoms. The molecule has 2 N–H and O–H groups in total. The average Bonchev–Trinajstić information content (AvgIpc) is 2.64. The van der Waals surface area contributed by atoms with Crippen molar-refractivity contribution in [3.8, 4) is 5.75 Å². The van der Waals surface area contributed by atoms with Gasteiger partial charge in [-0.3, -0.25) is 0 Å². The van der Waals surface area contributed by atoms with E-state index in [9.17, 15) is 0 Å². The van der Waals surface area contributed by atoms with E-state index in [2.05, 4.69) is 31.9 Å². The van der Waals surface area contributed by atoms with Gasteiger partial charge in [0, 0.05) is 6.54 Å². The number of nitrogens with one attached hydrogen (secondary N) is 2. The van der Waals surface area contributed by atoms with E-state index in [0.29, 0.717) is 16.8 Å². The average molecular weight is 356 g/mol. The maximum Gasteiger partial charge on any atom is 0.249 e. The number of anilines is 3. The number of hydrogen-bond donors (Lipinski definition) is 2. The molecule has 0 atom stereocenters. The van der Waals surface area contributed by atoms with Crippen molar-refractivity contribution in [2.45, 2.75) is 6.42 Å². The molecule has 0 amide bonds. The molecule has 0 fully saturated rings. The predicted molar refractivity (Wildman–Crippen MR) is 99.7 cm³/mol. The van der Waals surface area contributed by atoms with Crippen LogP contribution >= 0.6 is 11.6 Å². The lowest BCUT2D eigenvalue weighted by atomic mass is 10.1. The van der Waals surface area contributed by atoms with Gasteiger partial charge in [0.25, 0.3) is 0 Å². The van der Waals surface area contributed by atoms with Crippen molar-refractivity contribution in [1.29, 1.82) is 0 Å². The van der Waals surface area contributed by atoms with Crippen LogP contribution in [0.25, 0.3) is 0 Å². The van der Waals surface area contributed by atoms with Gasteiger partial charge in [-0.2, -0.15) is 10.1 Å². The maximum absolute atomic E-state index is 6.13. The third-order valence-corrected chi connectivity index (χ3v) is 3.86. The molecule has 7 heteroatoms. The second kappa shape index (κ2) is 8.30. The quantitative estimate of drug-likeness (QED) is 0.669. The summed E-state index contributed by atoms with van der Waals surface area (Å²) in [4.78, 5) is 4.39. The fraction of sp³-hybridized carbons (Fsp3) is 0.167. The lowest BCUT2D eigenvalue weighted by Crippen LogP contribution is -2.09. The second-order valence-corrected chi connectivity index (χ2v) is 5.71. The normalized spacial score (nSPS) is 10.3. The van der Waals surface area contributed by atoms with E-state index in [0.717, 1.165) is 24.4 Å². The van der Waals surface area contributed by atoms with Crippen molar-refractivity contribution in [1.82, 2.24) is 15.2 Å². The van der Waals surface area contributed by atoms with E-state index in [1.165, 1.54) is 5.56 Å². The Labute approximate surface area is 151 Å². The summed E-state index contributed by atoms with van der Waals surface area (Å²) in [7, 11) is 1.66. The molecule has 2 aromatic carbocycles. The zero-order chi connectivity index (χ0) is 17.5. The van der Waals surface area contributed by atoms with Crippen LogP contribution in [-0.2, 0) is 6.42 Å². The van der Waals surface area contributed by atoms with Crippen LogP contribution in [0.4, 0.5) is 17.5 Å². The first-order valence-electron chi connectivity index (χ1n) is 7.82. The highest BCUT2D eigenvalue weighted by Crippen LogP contribution is 2.23. The van der Waals surface area contributed by atoms with Crippen LogP contribution in [-0.4, -0.2) is 28.8 Å². The van der Waals surface area contributed by atoms with Gasteiger partial charge in [-0.15, -0.1) is 5.10 Å². The highest BCUT2D eigenvalue weighted by atomic mass is 35.5. The Morgan fingerprint density at radius 1 is 1.12 bits per heavy atom. The van der Waals surface area contributed by atoms with Gasteiger partial charge in [0.1, 0.15) is 5.75 Å². The highest BCUT2D eigenvalue weighted by Gasteiger charge is 2.04. The zero-order valence-corrected chi connectivity index (χ0v) is 14.5. The van der Waals surface area contributed by atoms with Crippen molar-refractivity contribution in [2.75, 3.05) is 24.3 Å². The van der Waals surface area contributed by atoms with Gasteiger partial charge in [0.15, 0.2) is 5.82 Å². The Morgan fingerprint density at radius 2 is 2.00 bits per heavy atom. The molecule has 128 valence electrons. The SMILES string of the molecule is COc1cccc(CCNc2cnnc(Nc3ccccc3Cl)n2)c1. The molecule has 3 aromatic rings. The molecule has 0 bridgehead atoms. The van der Waals surface area contributed by atoms with Crippen molar-refractivity contribution in [2.24, 2.45) is 0 Å². The molecule has 0 aliphatic carbocycles. The minimum atomic E-state index is 0.388. The third kappa shape index (κ3) is 4.81. The molecule has 0 aliphatic rings. The van der Waals surface area contributed by atoms with Crippen LogP contribution in [0, 0.1) is 0 Å². The van der Waals surface area contributed by atoms with Gasteiger partial charge in [0.2, 0.25) is 5.95 Å². The molecular weight excluding hydrogens is 338 g/mol. The number of ether oxygens (including phenoxy) is 1. The first-order valence-corrected chi connectivity index (χ1v) is 8.20. The van der Waals surface area contributed by atoms with Crippen molar-refractivity contribution >= 4 is 29.1 Å². The molecule has 0 saturated carbocycles. The number of hydrogen-bond acceptors (Lipinski definition) is 6. The number of rotatable bonds is 7. The van der Waals surface area contributed by atoms with Crippen molar-refractivity contribution in [3.05, 3.63) is 65.3 Å². The summed E-state index contributed by atoms with van der Waals surface area (Å²) in [6.07, 6.45) is 2.43. The summed E-state index contributed by atoms with van der Waals surface area (Å²) in [6.45, 7) is 0.720. The highest BCUT2D eigenvalue weighted by molar-refractivity contribution is 6.33. The molecule has 6 nitrogen and oxygen atoms in total. The molecule has 0 unspecified atom stereocenters. The minimum Gasteiger partial charge on any atom is -0.497 e. The molecule has 0 spiro atoms. The number of aromatic nitrogens is 3. The second-order valence-electron chi connectivity index (χ2n) is 5.30. The Balaban J connectivity index is 1.59. The summed E-state index contributed by atoms with van der Waals surface area (Å²) in [5, 5.41) is 14.8. The van der Waals surface area contributed by atoms with Crippen molar-refractivity contribution in [3.63, 3.8) is 0 Å². The van der Waals surface area contributed by atoms with Gasteiger partial charge in [-0.25, -0.2) is 0 Å². The van der Waals surface area contributed by atoms with E-state index < -0.39 is 0 Å². The van der Waals surface area contributed by atoms with Crippen LogP contribution in [0.15, 0.2) is 54.7 Å². The van der Waals surface area contributed by atoms with Crippen LogP contribution in [0.3, 0.4) is 0 Å². The largest absolute Gasteiger partial charge is 0.497 e. The monoisotopic (exact) mass is 355 g/mol. The standard InChI is InChI=1S/C18H18ClN5O/c1-25-14-6-4-5-13(11-14)9-10-20-17-12-21-24-18(23-17)22-16-8-3-2-7-15(16)19/h2-8,11-12H,9-10H2,1H3,(H2,20,22,23,24). The molecule has 1 aromatic heterocycles. The van der Waals surface area contributed by atoms with Crippen LogP contribution < -0.4 is 15.4 Å². The number of halogens is 1. The summed E-state index contributed by atoms with van der Waals surface area (Å²) >= 11 is 6.13. The topological polar surface area (TPSA) is 72.0 Å². The Hall–Kier alpha value is -2.86. The molecule has 0 radical (unpaired) electrons. The minimum absolute atomic E-state index is 0.388. The lowest BCUT2D eigenvalue weighted by Gasteiger charge is -2.09. The first-order chi connectivity index (χ1) is 12.2. The third-order valence-electron chi connectivity index (χ3n) is 3.53. The van der Waals surface area contributed by atoms with E-state index in [4.69, 9.17) is 16.3 Å². The Morgan fingerprint density at radius 3 is 2.84 bits per heavy atom. The number of nitrogens with zero attached hydrogens (tertiary/aromatic N) is 3. The van der Waals surface area contributed by atoms with E-state index in [1.807, 2.05) is 36.4 Å². The Kier molecular flexibility index (Phi) is 5.64. The number of methoxy groups -OCH3 is 1. The smallest absolute Gasteiger partial charge is 0.249 e. The first kappa shape index (κ1) is 17.0. The van der Waals surface area contributed by atoms with E-state index >= 15 is 0 Å². The van der Waals surface area contributed by atoms with E-state index in [1.54, 1.807) is 19.4 Å². The fourth-order valence-corrected chi connectivity index (χ4v) is 2.47. The van der Waals surface area contributed by atoms with Gasteiger partial charge in [0.05, 0.1) is 24.0 Å². The summed E-state index contributed by atoms with van der Waals surface area (Å²) in [5.74, 6) is 1.89. The van der Waals surface area contributed by atoms with Gasteiger partial charge in [-0.05, 0) is 36.2 Å². The molecule has 0 aliphatic heterocycles. The van der Waals surface area contributed by atoms with Crippen molar-refractivity contribution < 1.29 is 4.74 Å². The van der Waals surface area contributed by atoms with Crippen LogP contribution in [0.5, 0.6) is 5.75 Å². The fourth-order valence-electron chi connectivity index (χ4n) is 2.29. The summed E-state index contributed by atoms with van der Waals surface area (Å²) < 4.78 is 5.23. The van der Waals surface area contributed by atoms with Gasteiger partial charge in [-0.1, -0.05) is 35.9 Å². The summed E-state index contributed by atoms with van der Waals surface area (Å²) in [5.41, 5.74) is 1.92. The van der Waals surface area contributed by atoms with E-state index in [-0.39, 0.29) is 0 Å². The predicted octanol–water partition coefficient (Wildman–Crippen LogP) is 3.93. The number of para-hydroxylation sites is 1. The van der Waals surface area contributed by atoms with Crippen LogP contribution in [0.1, 0.15) is 5.56 Å². The molecular formula is C18H18ClN5O. The van der Waals surface area contributed by atoms with Crippen LogP contribution in [0.2, 0.25) is 5.02 Å². The summed E-state index contributed by atoms with van der Waals surface area (Å²) in [6, 6.07) is 15.4. The lowest BCUT2D eigenvalue weighted by molar-refractivity contribution is 0.414. The van der Waals surface area contributed by atoms with Gasteiger partial charge >= 0.3 is 0 Å². The van der Waals surface area contributed by atoms with Gasteiger partial charge < -0.3 is 15.4 Å². The molecule has 3 rings (SSSR count). The zero-order valence-electron chi connectivity index (χ0n) is 13.7. The maximum atomic E-state index is 6.13.